The van der Waals surface area contributed by atoms with Crippen molar-refractivity contribution in [3.63, 3.8) is 0 Å². The molecule has 1 fully saturated rings. The third-order valence-electron chi connectivity index (χ3n) is 4.23. The van der Waals surface area contributed by atoms with Crippen LogP contribution < -0.4 is 0 Å². The Morgan fingerprint density at radius 2 is 2.17 bits per heavy atom. The van der Waals surface area contributed by atoms with E-state index in [-0.39, 0.29) is 6.04 Å². The highest BCUT2D eigenvalue weighted by Crippen LogP contribution is 2.30. The normalized spacial score (nSPS) is 19.6. The summed E-state index contributed by atoms with van der Waals surface area (Å²) in [5.41, 5.74) is 0.0693. The lowest BCUT2D eigenvalue weighted by Crippen LogP contribution is -2.41. The maximum absolute atomic E-state index is 12.8. The van der Waals surface area contributed by atoms with E-state index in [1.54, 1.807) is 10.7 Å². The van der Waals surface area contributed by atoms with Crippen molar-refractivity contribution in [2.45, 2.75) is 18.6 Å². The van der Waals surface area contributed by atoms with E-state index in [4.69, 9.17) is 4.74 Å². The van der Waals surface area contributed by atoms with Crippen LogP contribution in [-0.2, 0) is 24.4 Å². The van der Waals surface area contributed by atoms with Crippen molar-refractivity contribution >= 4 is 0 Å². The molecule has 0 aliphatic carbocycles. The fourth-order valence-corrected chi connectivity index (χ4v) is 2.93. The first kappa shape index (κ1) is 16.9. The second kappa shape index (κ2) is 6.90. The van der Waals surface area contributed by atoms with Crippen LogP contribution in [0.4, 0.5) is 13.2 Å². The zero-order valence-electron chi connectivity index (χ0n) is 13.3. The number of alkyl halides is 3. The number of hydrogen-bond donors (Lipinski definition) is 0. The van der Waals surface area contributed by atoms with Gasteiger partial charge in [-0.1, -0.05) is 18.2 Å². The standard InChI is InChI=1S/C16H19F3N4O/c1-22-15(20-11-21-22)14-10-24-8-7-23(14)6-5-12-3-2-4-13(9-12)16(17,18)19/h2-4,9,11,14H,5-8,10H2,1H3. The highest BCUT2D eigenvalue weighted by molar-refractivity contribution is 5.25. The van der Waals surface area contributed by atoms with E-state index < -0.39 is 11.7 Å². The fraction of sp³-hybridized carbons (Fsp3) is 0.500. The summed E-state index contributed by atoms with van der Waals surface area (Å²) in [7, 11) is 1.82. The Hall–Kier alpha value is -1.93. The number of benzene rings is 1. The minimum Gasteiger partial charge on any atom is -0.378 e. The molecule has 5 nitrogen and oxygen atoms in total. The van der Waals surface area contributed by atoms with Crippen LogP contribution in [0.3, 0.4) is 0 Å². The maximum Gasteiger partial charge on any atom is 0.416 e. The van der Waals surface area contributed by atoms with E-state index in [0.717, 1.165) is 18.4 Å². The molecule has 1 aromatic carbocycles. The number of rotatable bonds is 4. The quantitative estimate of drug-likeness (QED) is 0.858. The van der Waals surface area contributed by atoms with Crippen LogP contribution >= 0.6 is 0 Å². The van der Waals surface area contributed by atoms with Gasteiger partial charge in [0.2, 0.25) is 0 Å². The topological polar surface area (TPSA) is 43.2 Å². The molecule has 1 saturated heterocycles. The average Bonchev–Trinajstić information content (AvgIpc) is 2.98. The van der Waals surface area contributed by atoms with Crippen LogP contribution in [0.15, 0.2) is 30.6 Å². The summed E-state index contributed by atoms with van der Waals surface area (Å²) in [5.74, 6) is 0.804. The molecule has 0 amide bonds. The monoisotopic (exact) mass is 340 g/mol. The predicted octanol–water partition coefficient (Wildman–Crippen LogP) is 2.45. The second-order valence-corrected chi connectivity index (χ2v) is 5.82. The molecule has 3 rings (SSSR count). The van der Waals surface area contributed by atoms with Gasteiger partial charge >= 0.3 is 6.18 Å². The number of aromatic nitrogens is 3. The zero-order valence-corrected chi connectivity index (χ0v) is 13.3. The molecular formula is C16H19F3N4O. The van der Waals surface area contributed by atoms with Gasteiger partial charge in [0.25, 0.3) is 0 Å². The summed E-state index contributed by atoms with van der Waals surface area (Å²) in [6.07, 6.45) is -2.27. The molecule has 1 atom stereocenters. The number of hydrogen-bond acceptors (Lipinski definition) is 4. The van der Waals surface area contributed by atoms with E-state index in [0.29, 0.717) is 31.7 Å². The molecular weight excluding hydrogens is 321 g/mol. The second-order valence-electron chi connectivity index (χ2n) is 5.82. The molecule has 0 saturated carbocycles. The van der Waals surface area contributed by atoms with Gasteiger partial charge < -0.3 is 4.74 Å². The minimum atomic E-state index is -4.31. The Morgan fingerprint density at radius 3 is 2.88 bits per heavy atom. The van der Waals surface area contributed by atoms with Crippen molar-refractivity contribution in [1.82, 2.24) is 19.7 Å². The van der Waals surface area contributed by atoms with Crippen molar-refractivity contribution < 1.29 is 17.9 Å². The van der Waals surface area contributed by atoms with Crippen LogP contribution in [-0.4, -0.2) is 46.0 Å². The summed E-state index contributed by atoms with van der Waals surface area (Å²) >= 11 is 0. The van der Waals surface area contributed by atoms with Crippen molar-refractivity contribution in [2.24, 2.45) is 7.05 Å². The fourth-order valence-electron chi connectivity index (χ4n) is 2.93. The van der Waals surface area contributed by atoms with Gasteiger partial charge in [-0.05, 0) is 18.1 Å². The molecule has 24 heavy (non-hydrogen) atoms. The number of aryl methyl sites for hydroxylation is 1. The highest BCUT2D eigenvalue weighted by atomic mass is 19.4. The molecule has 1 aliphatic heterocycles. The number of ether oxygens (including phenoxy) is 1. The third-order valence-corrected chi connectivity index (χ3v) is 4.23. The molecule has 0 radical (unpaired) electrons. The summed E-state index contributed by atoms with van der Waals surface area (Å²) in [6.45, 7) is 2.48. The van der Waals surface area contributed by atoms with E-state index in [2.05, 4.69) is 15.0 Å². The molecule has 1 aromatic heterocycles. The summed E-state index contributed by atoms with van der Waals surface area (Å²) in [5, 5.41) is 4.08. The van der Waals surface area contributed by atoms with E-state index in [1.165, 1.54) is 18.5 Å². The third kappa shape index (κ3) is 3.76. The molecule has 130 valence electrons. The lowest BCUT2D eigenvalue weighted by atomic mass is 10.1. The van der Waals surface area contributed by atoms with Gasteiger partial charge in [0.15, 0.2) is 0 Å². The van der Waals surface area contributed by atoms with E-state index in [1.807, 2.05) is 7.05 Å². The molecule has 0 N–H and O–H groups in total. The van der Waals surface area contributed by atoms with E-state index in [9.17, 15) is 13.2 Å². The van der Waals surface area contributed by atoms with Crippen molar-refractivity contribution in [1.29, 1.82) is 0 Å². The first-order chi connectivity index (χ1) is 11.4. The van der Waals surface area contributed by atoms with Gasteiger partial charge in [-0.2, -0.15) is 18.3 Å². The number of halogens is 3. The highest BCUT2D eigenvalue weighted by Gasteiger charge is 2.31. The Morgan fingerprint density at radius 1 is 1.33 bits per heavy atom. The van der Waals surface area contributed by atoms with Crippen molar-refractivity contribution in [3.05, 3.63) is 47.5 Å². The molecule has 1 aliphatic rings. The molecule has 0 bridgehead atoms. The molecule has 2 aromatic rings. The largest absolute Gasteiger partial charge is 0.416 e. The van der Waals surface area contributed by atoms with Gasteiger partial charge in [0.1, 0.15) is 12.2 Å². The van der Waals surface area contributed by atoms with Crippen molar-refractivity contribution in [2.75, 3.05) is 26.3 Å². The Balaban J connectivity index is 1.70. The lowest BCUT2D eigenvalue weighted by Gasteiger charge is -2.34. The smallest absolute Gasteiger partial charge is 0.378 e. The summed E-state index contributed by atoms with van der Waals surface area (Å²) < 4.78 is 45.7. The van der Waals surface area contributed by atoms with Crippen molar-refractivity contribution in [3.8, 4) is 0 Å². The number of nitrogens with zero attached hydrogens (tertiary/aromatic N) is 4. The summed E-state index contributed by atoms with van der Waals surface area (Å²) in [4.78, 5) is 6.46. The summed E-state index contributed by atoms with van der Waals surface area (Å²) in [6, 6.07) is 5.47. The van der Waals surface area contributed by atoms with Crippen LogP contribution in [0.1, 0.15) is 23.0 Å². The Kier molecular flexibility index (Phi) is 4.86. The zero-order chi connectivity index (χ0) is 17.2. The SMILES string of the molecule is Cn1ncnc1C1COCCN1CCc1cccc(C(F)(F)F)c1. The molecule has 8 heteroatoms. The van der Waals surface area contributed by atoms with Crippen LogP contribution in [0.25, 0.3) is 0 Å². The number of morpholine rings is 1. The van der Waals surface area contributed by atoms with Gasteiger partial charge in [-0.15, -0.1) is 0 Å². The van der Waals surface area contributed by atoms with Crippen LogP contribution in [0.5, 0.6) is 0 Å². The van der Waals surface area contributed by atoms with Gasteiger partial charge in [-0.3, -0.25) is 9.58 Å². The first-order valence-electron chi connectivity index (χ1n) is 7.77. The van der Waals surface area contributed by atoms with Gasteiger partial charge in [-0.25, -0.2) is 4.98 Å². The molecule has 2 heterocycles. The van der Waals surface area contributed by atoms with Gasteiger partial charge in [0.05, 0.1) is 24.8 Å². The predicted molar refractivity (Wildman–Crippen MR) is 81.3 cm³/mol. The lowest BCUT2D eigenvalue weighted by molar-refractivity contribution is -0.137. The van der Waals surface area contributed by atoms with Gasteiger partial charge in [0, 0.05) is 20.1 Å². The van der Waals surface area contributed by atoms with E-state index >= 15 is 0 Å². The first-order valence-corrected chi connectivity index (χ1v) is 7.77. The maximum atomic E-state index is 12.8. The minimum absolute atomic E-state index is 0.0305. The average molecular weight is 340 g/mol. The van der Waals surface area contributed by atoms with Crippen LogP contribution in [0.2, 0.25) is 0 Å². The Labute approximate surface area is 138 Å². The molecule has 1 unspecified atom stereocenters. The van der Waals surface area contributed by atoms with Crippen LogP contribution in [0, 0.1) is 0 Å². The Bertz CT molecular complexity index is 686. The molecule has 0 spiro atoms.